The van der Waals surface area contributed by atoms with Crippen LogP contribution in [0.5, 0.6) is 0 Å². The number of halogens is 1. The van der Waals surface area contributed by atoms with Gasteiger partial charge in [-0.2, -0.15) is 0 Å². The van der Waals surface area contributed by atoms with Crippen LogP contribution in [0.25, 0.3) is 0 Å². The Bertz CT molecular complexity index is 903. The molecule has 5 nitrogen and oxygen atoms in total. The van der Waals surface area contributed by atoms with Crippen LogP contribution in [-0.2, 0) is 26.8 Å². The zero-order valence-electron chi connectivity index (χ0n) is 14.7. The van der Waals surface area contributed by atoms with Crippen LogP contribution in [0, 0.1) is 5.82 Å². The number of amides is 1. The molecule has 1 fully saturated rings. The predicted octanol–water partition coefficient (Wildman–Crippen LogP) is 2.42. The first-order valence-electron chi connectivity index (χ1n) is 8.31. The van der Waals surface area contributed by atoms with Crippen LogP contribution in [-0.4, -0.2) is 32.7 Å². The van der Waals surface area contributed by atoms with Crippen LogP contribution in [0.15, 0.2) is 53.4 Å². The average Bonchev–Trinajstić information content (AvgIpc) is 3.42. The lowest BCUT2D eigenvalue weighted by Crippen LogP contribution is -2.34. The minimum atomic E-state index is -3.46. The molecule has 2 aromatic carbocycles. The molecule has 2 aromatic rings. The van der Waals surface area contributed by atoms with E-state index in [2.05, 4.69) is 5.32 Å². The smallest absolute Gasteiger partial charge is 0.242 e. The van der Waals surface area contributed by atoms with Gasteiger partial charge >= 0.3 is 0 Å². The van der Waals surface area contributed by atoms with Gasteiger partial charge < -0.3 is 5.32 Å². The van der Waals surface area contributed by atoms with E-state index in [-0.39, 0.29) is 16.6 Å². The van der Waals surface area contributed by atoms with Crippen molar-refractivity contribution in [3.8, 4) is 0 Å². The summed E-state index contributed by atoms with van der Waals surface area (Å²) in [6.07, 6.45) is 1.48. The molecule has 0 atom stereocenters. The lowest BCUT2D eigenvalue weighted by atomic mass is 9.95. The highest BCUT2D eigenvalue weighted by molar-refractivity contribution is 7.89. The molecule has 0 bridgehead atoms. The third-order valence-electron chi connectivity index (χ3n) is 4.74. The van der Waals surface area contributed by atoms with Crippen molar-refractivity contribution in [1.82, 2.24) is 9.62 Å². The minimum Gasteiger partial charge on any atom is -0.351 e. The molecule has 1 saturated carbocycles. The number of benzene rings is 2. The Morgan fingerprint density at radius 2 is 1.65 bits per heavy atom. The standard InChI is InChI=1S/C19H21FN2O3S/c1-22(2)26(24,25)17-9-3-14(4-10-17)13-21-18(23)19(11-12-19)15-5-7-16(20)8-6-15/h3-10H,11-13H2,1-2H3,(H,21,23). The average molecular weight is 376 g/mol. The van der Waals surface area contributed by atoms with Gasteiger partial charge in [0.2, 0.25) is 15.9 Å². The Balaban J connectivity index is 1.66. The van der Waals surface area contributed by atoms with Gasteiger partial charge in [0.15, 0.2) is 0 Å². The molecule has 1 N–H and O–H groups in total. The molecular weight excluding hydrogens is 355 g/mol. The number of rotatable bonds is 6. The number of carbonyl (C=O) groups is 1. The van der Waals surface area contributed by atoms with E-state index in [1.54, 1.807) is 24.3 Å². The fourth-order valence-corrected chi connectivity index (χ4v) is 3.78. The summed E-state index contributed by atoms with van der Waals surface area (Å²) in [4.78, 5) is 12.8. The first-order chi connectivity index (χ1) is 12.3. The summed E-state index contributed by atoms with van der Waals surface area (Å²) in [5.41, 5.74) is 1.07. The van der Waals surface area contributed by atoms with E-state index >= 15 is 0 Å². The zero-order chi connectivity index (χ0) is 18.9. The zero-order valence-corrected chi connectivity index (χ0v) is 15.5. The van der Waals surface area contributed by atoms with Gasteiger partial charge in [-0.1, -0.05) is 24.3 Å². The van der Waals surface area contributed by atoms with Crippen LogP contribution in [0.2, 0.25) is 0 Å². The maximum atomic E-state index is 13.1. The Labute approximate surface area is 152 Å². The molecule has 138 valence electrons. The Morgan fingerprint density at radius 3 is 2.15 bits per heavy atom. The van der Waals surface area contributed by atoms with Crippen LogP contribution >= 0.6 is 0 Å². The summed E-state index contributed by atoms with van der Waals surface area (Å²) in [5, 5.41) is 2.90. The van der Waals surface area contributed by atoms with Crippen molar-refractivity contribution in [2.24, 2.45) is 0 Å². The Morgan fingerprint density at radius 1 is 1.08 bits per heavy atom. The largest absolute Gasteiger partial charge is 0.351 e. The lowest BCUT2D eigenvalue weighted by molar-refractivity contribution is -0.123. The quantitative estimate of drug-likeness (QED) is 0.842. The molecule has 0 aromatic heterocycles. The van der Waals surface area contributed by atoms with Gasteiger partial charge in [0.25, 0.3) is 0 Å². The maximum absolute atomic E-state index is 13.1. The molecule has 7 heteroatoms. The van der Waals surface area contributed by atoms with Crippen LogP contribution in [0.1, 0.15) is 24.0 Å². The second-order valence-corrected chi connectivity index (χ2v) is 8.85. The molecule has 0 aliphatic heterocycles. The van der Waals surface area contributed by atoms with Gasteiger partial charge in [-0.15, -0.1) is 0 Å². The molecule has 0 heterocycles. The summed E-state index contributed by atoms with van der Waals surface area (Å²) in [6, 6.07) is 12.5. The number of nitrogens with one attached hydrogen (secondary N) is 1. The van der Waals surface area contributed by atoms with Crippen molar-refractivity contribution in [1.29, 1.82) is 0 Å². The first kappa shape index (κ1) is 18.5. The Hall–Kier alpha value is -2.25. The van der Waals surface area contributed by atoms with Gasteiger partial charge in [0.1, 0.15) is 5.82 Å². The highest BCUT2D eigenvalue weighted by atomic mass is 32.2. The van der Waals surface area contributed by atoms with Crippen molar-refractivity contribution in [3.63, 3.8) is 0 Å². The highest BCUT2D eigenvalue weighted by Gasteiger charge is 2.51. The SMILES string of the molecule is CN(C)S(=O)(=O)c1ccc(CNC(=O)C2(c3ccc(F)cc3)CC2)cc1. The van der Waals surface area contributed by atoms with Crippen molar-refractivity contribution < 1.29 is 17.6 Å². The lowest BCUT2D eigenvalue weighted by Gasteiger charge is -2.16. The topological polar surface area (TPSA) is 66.5 Å². The second kappa shape index (κ2) is 6.81. The van der Waals surface area contributed by atoms with E-state index in [4.69, 9.17) is 0 Å². The van der Waals surface area contributed by atoms with Gasteiger partial charge in [-0.05, 0) is 48.2 Å². The molecule has 26 heavy (non-hydrogen) atoms. The molecule has 0 unspecified atom stereocenters. The van der Waals surface area contributed by atoms with Crippen LogP contribution in [0.3, 0.4) is 0 Å². The Kier molecular flexibility index (Phi) is 4.86. The molecule has 1 aliphatic carbocycles. The number of hydrogen-bond acceptors (Lipinski definition) is 3. The van der Waals surface area contributed by atoms with E-state index in [9.17, 15) is 17.6 Å². The van der Waals surface area contributed by atoms with Crippen molar-refractivity contribution in [2.75, 3.05) is 14.1 Å². The highest BCUT2D eigenvalue weighted by Crippen LogP contribution is 2.48. The van der Waals surface area contributed by atoms with E-state index in [0.717, 1.165) is 28.3 Å². The molecule has 1 amide bonds. The predicted molar refractivity (Wildman–Crippen MR) is 96.5 cm³/mol. The van der Waals surface area contributed by atoms with E-state index in [1.165, 1.54) is 38.4 Å². The van der Waals surface area contributed by atoms with E-state index in [1.807, 2.05) is 0 Å². The third kappa shape index (κ3) is 3.50. The van der Waals surface area contributed by atoms with Crippen molar-refractivity contribution in [3.05, 3.63) is 65.5 Å². The molecule has 1 aliphatic rings. The summed E-state index contributed by atoms with van der Waals surface area (Å²) in [6.45, 7) is 0.310. The maximum Gasteiger partial charge on any atom is 0.242 e. The number of nitrogens with zero attached hydrogens (tertiary/aromatic N) is 1. The summed E-state index contributed by atoms with van der Waals surface area (Å²) in [7, 11) is -0.502. The summed E-state index contributed by atoms with van der Waals surface area (Å²) < 4.78 is 38.4. The normalized spacial score (nSPS) is 15.7. The van der Waals surface area contributed by atoms with Crippen molar-refractivity contribution >= 4 is 15.9 Å². The monoisotopic (exact) mass is 376 g/mol. The number of sulfonamides is 1. The van der Waals surface area contributed by atoms with Crippen LogP contribution in [0.4, 0.5) is 4.39 Å². The van der Waals surface area contributed by atoms with Gasteiger partial charge in [0, 0.05) is 20.6 Å². The minimum absolute atomic E-state index is 0.0888. The van der Waals surface area contributed by atoms with Crippen LogP contribution < -0.4 is 5.32 Å². The number of carbonyl (C=O) groups excluding carboxylic acids is 1. The molecule has 0 spiro atoms. The summed E-state index contributed by atoms with van der Waals surface area (Å²) in [5.74, 6) is -0.410. The molecule has 0 saturated heterocycles. The molecule has 3 rings (SSSR count). The third-order valence-corrected chi connectivity index (χ3v) is 6.57. The summed E-state index contributed by atoms with van der Waals surface area (Å²) >= 11 is 0. The fraction of sp³-hybridized carbons (Fsp3) is 0.316. The van der Waals surface area contributed by atoms with Gasteiger partial charge in [-0.3, -0.25) is 4.79 Å². The fourth-order valence-electron chi connectivity index (χ4n) is 2.88. The first-order valence-corrected chi connectivity index (χ1v) is 9.75. The van der Waals surface area contributed by atoms with E-state index in [0.29, 0.717) is 6.54 Å². The second-order valence-electron chi connectivity index (χ2n) is 6.70. The van der Waals surface area contributed by atoms with Crippen molar-refractivity contribution in [2.45, 2.75) is 29.7 Å². The van der Waals surface area contributed by atoms with Gasteiger partial charge in [0.05, 0.1) is 10.3 Å². The van der Waals surface area contributed by atoms with E-state index < -0.39 is 15.4 Å². The van der Waals surface area contributed by atoms with Gasteiger partial charge in [-0.25, -0.2) is 17.1 Å². The molecular formula is C19H21FN2O3S. The molecule has 0 radical (unpaired) electrons. The number of hydrogen-bond donors (Lipinski definition) is 1.